The first-order chi connectivity index (χ1) is 9.78. The zero-order valence-corrected chi connectivity index (χ0v) is 12.5. The number of allylic oxidation sites excluding steroid dienone is 3. The SMILES string of the molecule is COc1cccc(CCNC(=S)NC2=CCCC=C2)c1. The summed E-state index contributed by atoms with van der Waals surface area (Å²) in [5, 5.41) is 7.09. The second-order valence-corrected chi connectivity index (χ2v) is 5.03. The molecule has 1 aliphatic carbocycles. The number of hydrogen-bond acceptors (Lipinski definition) is 2. The molecule has 0 spiro atoms. The van der Waals surface area contributed by atoms with Gasteiger partial charge in [-0.25, -0.2) is 0 Å². The monoisotopic (exact) mass is 288 g/mol. The molecule has 0 aromatic heterocycles. The van der Waals surface area contributed by atoms with Crippen LogP contribution in [0.2, 0.25) is 0 Å². The van der Waals surface area contributed by atoms with E-state index in [4.69, 9.17) is 17.0 Å². The van der Waals surface area contributed by atoms with Crippen LogP contribution in [0.15, 0.2) is 48.2 Å². The molecule has 2 N–H and O–H groups in total. The third-order valence-corrected chi connectivity index (χ3v) is 3.33. The van der Waals surface area contributed by atoms with Gasteiger partial charge in [0.05, 0.1) is 7.11 Å². The fourth-order valence-corrected chi connectivity index (χ4v) is 2.25. The standard InChI is InChI=1S/C16H20N2OS/c1-19-15-9-5-6-13(12-15)10-11-17-16(20)18-14-7-3-2-4-8-14/h3,5-9,12H,2,4,10-11H2,1H3,(H2,17,18,20). The highest BCUT2D eigenvalue weighted by molar-refractivity contribution is 7.80. The van der Waals surface area contributed by atoms with Crippen LogP contribution >= 0.6 is 12.2 Å². The van der Waals surface area contributed by atoms with Gasteiger partial charge in [-0.05, 0) is 55.3 Å². The van der Waals surface area contributed by atoms with Gasteiger partial charge in [0, 0.05) is 12.2 Å². The maximum Gasteiger partial charge on any atom is 0.170 e. The van der Waals surface area contributed by atoms with E-state index in [1.165, 1.54) is 5.56 Å². The molecule has 4 heteroatoms. The molecular formula is C16H20N2OS. The molecule has 0 saturated heterocycles. The number of methoxy groups -OCH3 is 1. The smallest absolute Gasteiger partial charge is 0.170 e. The summed E-state index contributed by atoms with van der Waals surface area (Å²) in [6, 6.07) is 8.09. The zero-order chi connectivity index (χ0) is 14.2. The normalized spacial score (nSPS) is 13.6. The maximum absolute atomic E-state index is 5.28. The Hall–Kier alpha value is -1.81. The van der Waals surface area contributed by atoms with Crippen molar-refractivity contribution in [2.75, 3.05) is 13.7 Å². The van der Waals surface area contributed by atoms with Gasteiger partial charge in [0.15, 0.2) is 5.11 Å². The molecule has 0 amide bonds. The fraction of sp³-hybridized carbons (Fsp3) is 0.312. The third-order valence-electron chi connectivity index (χ3n) is 3.09. The second kappa shape index (κ2) is 7.70. The lowest BCUT2D eigenvalue weighted by Crippen LogP contribution is -2.35. The van der Waals surface area contributed by atoms with Crippen molar-refractivity contribution in [2.24, 2.45) is 0 Å². The van der Waals surface area contributed by atoms with E-state index in [-0.39, 0.29) is 0 Å². The highest BCUT2D eigenvalue weighted by atomic mass is 32.1. The molecule has 0 atom stereocenters. The van der Waals surface area contributed by atoms with Gasteiger partial charge in [0.1, 0.15) is 5.75 Å². The van der Waals surface area contributed by atoms with Crippen LogP contribution in [0, 0.1) is 0 Å². The van der Waals surface area contributed by atoms with E-state index in [2.05, 4.69) is 34.9 Å². The summed E-state index contributed by atoms with van der Waals surface area (Å²) in [4.78, 5) is 0. The molecule has 1 aliphatic rings. The van der Waals surface area contributed by atoms with Gasteiger partial charge in [-0.1, -0.05) is 24.3 Å². The molecule has 3 nitrogen and oxygen atoms in total. The average molecular weight is 288 g/mol. The van der Waals surface area contributed by atoms with E-state index < -0.39 is 0 Å². The van der Waals surface area contributed by atoms with Crippen LogP contribution in [0.4, 0.5) is 0 Å². The Morgan fingerprint density at radius 2 is 2.25 bits per heavy atom. The van der Waals surface area contributed by atoms with Crippen molar-refractivity contribution in [1.82, 2.24) is 10.6 Å². The van der Waals surface area contributed by atoms with Crippen molar-refractivity contribution in [3.8, 4) is 5.75 Å². The van der Waals surface area contributed by atoms with Crippen LogP contribution in [-0.4, -0.2) is 18.8 Å². The fourth-order valence-electron chi connectivity index (χ4n) is 2.03. The molecule has 0 fully saturated rings. The van der Waals surface area contributed by atoms with Crippen LogP contribution in [0.25, 0.3) is 0 Å². The summed E-state index contributed by atoms with van der Waals surface area (Å²) in [6.07, 6.45) is 9.48. The predicted octanol–water partition coefficient (Wildman–Crippen LogP) is 2.94. The van der Waals surface area contributed by atoms with Gasteiger partial charge in [-0.2, -0.15) is 0 Å². The number of benzene rings is 1. The Labute approximate surface area is 125 Å². The molecule has 0 saturated carbocycles. The van der Waals surface area contributed by atoms with Crippen LogP contribution in [0.3, 0.4) is 0 Å². The molecule has 20 heavy (non-hydrogen) atoms. The highest BCUT2D eigenvalue weighted by Gasteiger charge is 2.01. The summed E-state index contributed by atoms with van der Waals surface area (Å²) in [6.45, 7) is 0.802. The Morgan fingerprint density at radius 1 is 1.35 bits per heavy atom. The first-order valence-corrected chi connectivity index (χ1v) is 7.23. The molecule has 0 radical (unpaired) electrons. The molecule has 0 aliphatic heterocycles. The van der Waals surface area contributed by atoms with Crippen molar-refractivity contribution < 1.29 is 4.74 Å². The first-order valence-electron chi connectivity index (χ1n) is 6.82. The lowest BCUT2D eigenvalue weighted by atomic mass is 10.1. The average Bonchev–Trinajstić information content (AvgIpc) is 2.48. The van der Waals surface area contributed by atoms with Gasteiger partial charge in [0.2, 0.25) is 0 Å². The first kappa shape index (κ1) is 14.6. The molecule has 0 unspecified atom stereocenters. The highest BCUT2D eigenvalue weighted by Crippen LogP contribution is 2.12. The summed E-state index contributed by atoms with van der Waals surface area (Å²) in [5.74, 6) is 0.890. The molecular weight excluding hydrogens is 268 g/mol. The quantitative estimate of drug-likeness (QED) is 0.816. The van der Waals surface area contributed by atoms with E-state index in [0.717, 1.165) is 37.3 Å². The number of thiocarbonyl (C=S) groups is 1. The van der Waals surface area contributed by atoms with E-state index in [9.17, 15) is 0 Å². The third kappa shape index (κ3) is 4.70. The van der Waals surface area contributed by atoms with Crippen LogP contribution in [0.5, 0.6) is 5.75 Å². The minimum atomic E-state index is 0.672. The number of rotatable bonds is 5. The summed E-state index contributed by atoms with van der Waals surface area (Å²) < 4.78 is 5.21. The largest absolute Gasteiger partial charge is 0.497 e. The van der Waals surface area contributed by atoms with E-state index in [0.29, 0.717) is 5.11 Å². The van der Waals surface area contributed by atoms with E-state index in [1.54, 1.807) is 7.11 Å². The Morgan fingerprint density at radius 3 is 3.00 bits per heavy atom. The molecule has 1 aromatic rings. The summed E-state index contributed by atoms with van der Waals surface area (Å²) in [7, 11) is 1.68. The van der Waals surface area contributed by atoms with Crippen LogP contribution in [0.1, 0.15) is 18.4 Å². The minimum absolute atomic E-state index is 0.672. The summed E-state index contributed by atoms with van der Waals surface area (Å²) >= 11 is 5.28. The molecule has 0 bridgehead atoms. The Bertz CT molecular complexity index is 523. The zero-order valence-electron chi connectivity index (χ0n) is 11.7. The molecule has 1 aromatic carbocycles. The number of nitrogens with one attached hydrogen (secondary N) is 2. The van der Waals surface area contributed by atoms with E-state index in [1.807, 2.05) is 18.2 Å². The van der Waals surface area contributed by atoms with E-state index >= 15 is 0 Å². The van der Waals surface area contributed by atoms with Gasteiger partial charge < -0.3 is 15.4 Å². The number of ether oxygens (including phenoxy) is 1. The Kier molecular flexibility index (Phi) is 5.62. The topological polar surface area (TPSA) is 33.3 Å². The van der Waals surface area contributed by atoms with Crippen molar-refractivity contribution in [1.29, 1.82) is 0 Å². The molecule has 0 heterocycles. The molecule has 2 rings (SSSR count). The minimum Gasteiger partial charge on any atom is -0.497 e. The lowest BCUT2D eigenvalue weighted by Gasteiger charge is -2.13. The van der Waals surface area contributed by atoms with Gasteiger partial charge in [0.25, 0.3) is 0 Å². The van der Waals surface area contributed by atoms with Crippen molar-refractivity contribution in [3.05, 3.63) is 53.8 Å². The van der Waals surface area contributed by atoms with Crippen molar-refractivity contribution in [3.63, 3.8) is 0 Å². The predicted molar refractivity (Wildman–Crippen MR) is 86.9 cm³/mol. The van der Waals surface area contributed by atoms with Gasteiger partial charge >= 0.3 is 0 Å². The second-order valence-electron chi connectivity index (χ2n) is 4.62. The maximum atomic E-state index is 5.28. The lowest BCUT2D eigenvalue weighted by molar-refractivity contribution is 0.414. The van der Waals surface area contributed by atoms with Gasteiger partial charge in [-0.15, -0.1) is 0 Å². The van der Waals surface area contributed by atoms with Gasteiger partial charge in [-0.3, -0.25) is 0 Å². The van der Waals surface area contributed by atoms with Crippen molar-refractivity contribution in [2.45, 2.75) is 19.3 Å². The molecule has 106 valence electrons. The number of hydrogen-bond donors (Lipinski definition) is 2. The summed E-state index contributed by atoms with van der Waals surface area (Å²) in [5.41, 5.74) is 2.31. The van der Waals surface area contributed by atoms with Crippen LogP contribution < -0.4 is 15.4 Å². The Balaban J connectivity index is 1.73. The van der Waals surface area contributed by atoms with Crippen molar-refractivity contribution >= 4 is 17.3 Å². The van der Waals surface area contributed by atoms with Crippen LogP contribution in [-0.2, 0) is 6.42 Å².